The van der Waals surface area contributed by atoms with E-state index in [0.29, 0.717) is 0 Å². The molecular weight excluding hydrogens is 132 g/mol. The number of hydrogen-bond acceptors (Lipinski definition) is 0. The summed E-state index contributed by atoms with van der Waals surface area (Å²) >= 11 is 0. The van der Waals surface area contributed by atoms with Crippen LogP contribution in [0.1, 0.15) is 52.4 Å². The molecule has 64 valence electrons. The van der Waals surface area contributed by atoms with Crippen molar-refractivity contribution >= 4 is 0 Å². The lowest BCUT2D eigenvalue weighted by Gasteiger charge is -2.04. The lowest BCUT2D eigenvalue weighted by molar-refractivity contribution is 0.628. The lowest BCUT2D eigenvalue weighted by Crippen LogP contribution is -1.89. The molecule has 0 saturated heterocycles. The van der Waals surface area contributed by atoms with Crippen LogP contribution in [0.5, 0.6) is 0 Å². The Morgan fingerprint density at radius 1 is 1.36 bits per heavy atom. The van der Waals surface area contributed by atoms with Gasteiger partial charge in [-0.05, 0) is 38.0 Å². The molecule has 0 N–H and O–H groups in total. The molecule has 0 aliphatic heterocycles. The minimum absolute atomic E-state index is 0.827. The molecule has 0 aromatic heterocycles. The van der Waals surface area contributed by atoms with E-state index in [-0.39, 0.29) is 0 Å². The molecule has 0 radical (unpaired) electrons. The summed E-state index contributed by atoms with van der Waals surface area (Å²) in [6.45, 7) is 4.61. The molecule has 1 aliphatic rings. The van der Waals surface area contributed by atoms with E-state index in [1.165, 1.54) is 38.5 Å². The van der Waals surface area contributed by atoms with Crippen LogP contribution in [0.3, 0.4) is 0 Å². The van der Waals surface area contributed by atoms with Gasteiger partial charge in [-0.15, -0.1) is 0 Å². The molecule has 0 bridgehead atoms. The minimum Gasteiger partial charge on any atom is -0.0825 e. The summed E-state index contributed by atoms with van der Waals surface area (Å²) in [6, 6.07) is 0. The molecule has 11 heavy (non-hydrogen) atoms. The Bertz CT molecular complexity index is 125. The highest BCUT2D eigenvalue weighted by molar-refractivity contribution is 5.07. The fourth-order valence-corrected chi connectivity index (χ4v) is 1.94. The lowest BCUT2D eigenvalue weighted by atomic mass is 10.0. The molecule has 0 aromatic carbocycles. The van der Waals surface area contributed by atoms with Crippen molar-refractivity contribution < 1.29 is 0 Å². The SMILES string of the molecule is CCCC(C)C=C1CCCC1. The molecule has 0 spiro atoms. The Kier molecular flexibility index (Phi) is 3.68. The summed E-state index contributed by atoms with van der Waals surface area (Å²) in [7, 11) is 0. The Morgan fingerprint density at radius 2 is 2.00 bits per heavy atom. The van der Waals surface area contributed by atoms with E-state index >= 15 is 0 Å². The first-order chi connectivity index (χ1) is 5.33. The molecule has 1 saturated carbocycles. The molecule has 1 rings (SSSR count). The molecule has 0 amide bonds. The van der Waals surface area contributed by atoms with Gasteiger partial charge in [0.25, 0.3) is 0 Å². The van der Waals surface area contributed by atoms with Crippen molar-refractivity contribution in [2.45, 2.75) is 52.4 Å². The van der Waals surface area contributed by atoms with Crippen LogP contribution in [0.2, 0.25) is 0 Å². The van der Waals surface area contributed by atoms with Crippen LogP contribution in [0.15, 0.2) is 11.6 Å². The molecule has 0 heterocycles. The van der Waals surface area contributed by atoms with Gasteiger partial charge in [0.1, 0.15) is 0 Å². The Morgan fingerprint density at radius 3 is 2.55 bits per heavy atom. The Hall–Kier alpha value is -0.260. The summed E-state index contributed by atoms with van der Waals surface area (Å²) < 4.78 is 0. The van der Waals surface area contributed by atoms with Crippen LogP contribution in [-0.2, 0) is 0 Å². The third kappa shape index (κ3) is 3.09. The second kappa shape index (κ2) is 4.58. The first-order valence-electron chi connectivity index (χ1n) is 5.02. The molecule has 0 aromatic rings. The molecule has 0 heteroatoms. The smallest absolute Gasteiger partial charge is 0.0259 e. The van der Waals surface area contributed by atoms with Gasteiger partial charge < -0.3 is 0 Å². The van der Waals surface area contributed by atoms with Gasteiger partial charge >= 0.3 is 0 Å². The van der Waals surface area contributed by atoms with Gasteiger partial charge in [-0.2, -0.15) is 0 Å². The van der Waals surface area contributed by atoms with Crippen LogP contribution in [-0.4, -0.2) is 0 Å². The van der Waals surface area contributed by atoms with Crippen LogP contribution in [0.25, 0.3) is 0 Å². The zero-order valence-corrected chi connectivity index (χ0v) is 7.90. The Balaban J connectivity index is 2.30. The summed E-state index contributed by atoms with van der Waals surface area (Å²) in [5, 5.41) is 0. The number of hydrogen-bond donors (Lipinski definition) is 0. The highest BCUT2D eigenvalue weighted by atomic mass is 14.1. The Labute approximate surface area is 70.7 Å². The van der Waals surface area contributed by atoms with Gasteiger partial charge in [0.05, 0.1) is 0 Å². The zero-order chi connectivity index (χ0) is 8.10. The molecular formula is C11H20. The molecule has 1 fully saturated rings. The summed E-state index contributed by atoms with van der Waals surface area (Å²) in [6.07, 6.45) is 10.8. The van der Waals surface area contributed by atoms with Crippen LogP contribution in [0, 0.1) is 5.92 Å². The van der Waals surface area contributed by atoms with Gasteiger partial charge in [0.15, 0.2) is 0 Å². The number of allylic oxidation sites excluding steroid dienone is 2. The van der Waals surface area contributed by atoms with Gasteiger partial charge in [0.2, 0.25) is 0 Å². The van der Waals surface area contributed by atoms with Crippen molar-refractivity contribution in [2.24, 2.45) is 5.92 Å². The summed E-state index contributed by atoms with van der Waals surface area (Å²) in [5.74, 6) is 0.827. The first-order valence-corrected chi connectivity index (χ1v) is 5.02. The highest BCUT2D eigenvalue weighted by Crippen LogP contribution is 2.25. The maximum Gasteiger partial charge on any atom is -0.0259 e. The van der Waals surface area contributed by atoms with Gasteiger partial charge in [0, 0.05) is 0 Å². The average molecular weight is 152 g/mol. The predicted molar refractivity (Wildman–Crippen MR) is 50.6 cm³/mol. The van der Waals surface area contributed by atoms with Crippen LogP contribution < -0.4 is 0 Å². The quantitative estimate of drug-likeness (QED) is 0.538. The zero-order valence-electron chi connectivity index (χ0n) is 7.90. The normalized spacial score (nSPS) is 20.4. The monoisotopic (exact) mass is 152 g/mol. The summed E-state index contributed by atoms with van der Waals surface area (Å²) in [5.41, 5.74) is 1.73. The van der Waals surface area contributed by atoms with E-state index in [2.05, 4.69) is 19.9 Å². The maximum atomic E-state index is 2.51. The molecule has 0 nitrogen and oxygen atoms in total. The van der Waals surface area contributed by atoms with E-state index in [1.807, 2.05) is 0 Å². The predicted octanol–water partition coefficient (Wildman–Crippen LogP) is 3.92. The van der Waals surface area contributed by atoms with Gasteiger partial charge in [-0.3, -0.25) is 0 Å². The van der Waals surface area contributed by atoms with Crippen molar-refractivity contribution in [2.75, 3.05) is 0 Å². The van der Waals surface area contributed by atoms with Crippen molar-refractivity contribution in [1.82, 2.24) is 0 Å². The third-order valence-corrected chi connectivity index (χ3v) is 2.51. The van der Waals surface area contributed by atoms with E-state index in [4.69, 9.17) is 0 Å². The third-order valence-electron chi connectivity index (χ3n) is 2.51. The van der Waals surface area contributed by atoms with E-state index < -0.39 is 0 Å². The average Bonchev–Trinajstić information content (AvgIpc) is 2.40. The largest absolute Gasteiger partial charge is 0.0825 e. The van der Waals surface area contributed by atoms with Crippen LogP contribution >= 0.6 is 0 Å². The molecule has 1 unspecified atom stereocenters. The van der Waals surface area contributed by atoms with Crippen LogP contribution in [0.4, 0.5) is 0 Å². The topological polar surface area (TPSA) is 0 Å². The fourth-order valence-electron chi connectivity index (χ4n) is 1.94. The van der Waals surface area contributed by atoms with E-state index in [9.17, 15) is 0 Å². The molecule has 1 aliphatic carbocycles. The second-order valence-corrected chi connectivity index (χ2v) is 3.80. The number of rotatable bonds is 3. The summed E-state index contributed by atoms with van der Waals surface area (Å²) in [4.78, 5) is 0. The van der Waals surface area contributed by atoms with Crippen molar-refractivity contribution in [1.29, 1.82) is 0 Å². The van der Waals surface area contributed by atoms with E-state index in [0.717, 1.165) is 5.92 Å². The van der Waals surface area contributed by atoms with Gasteiger partial charge in [-0.1, -0.05) is 31.9 Å². The maximum absolute atomic E-state index is 2.51. The standard InChI is InChI=1S/C11H20/c1-3-6-10(2)9-11-7-4-5-8-11/h9-10H,3-8H2,1-2H3. The van der Waals surface area contributed by atoms with Crippen molar-refractivity contribution in [3.8, 4) is 0 Å². The fraction of sp³-hybridized carbons (Fsp3) is 0.818. The van der Waals surface area contributed by atoms with Crippen molar-refractivity contribution in [3.05, 3.63) is 11.6 Å². The minimum atomic E-state index is 0.827. The van der Waals surface area contributed by atoms with Crippen molar-refractivity contribution in [3.63, 3.8) is 0 Å². The molecule has 1 atom stereocenters. The van der Waals surface area contributed by atoms with E-state index in [1.54, 1.807) is 5.57 Å². The highest BCUT2D eigenvalue weighted by Gasteiger charge is 2.07. The van der Waals surface area contributed by atoms with Gasteiger partial charge in [-0.25, -0.2) is 0 Å². The first kappa shape index (κ1) is 8.83. The second-order valence-electron chi connectivity index (χ2n) is 3.80.